The fourth-order valence-corrected chi connectivity index (χ4v) is 4.25. The highest BCUT2D eigenvalue weighted by molar-refractivity contribution is 5.78. The van der Waals surface area contributed by atoms with Crippen molar-refractivity contribution in [3.05, 3.63) is 59.2 Å². The SMILES string of the molecule is CC1(C)Cc2cccc(OCC(=O)NC3CCN(Cc4ccc(F)c(F)c4)CC3)c2O1. The van der Waals surface area contributed by atoms with E-state index in [0.29, 0.717) is 12.3 Å². The molecule has 2 aliphatic heterocycles. The fourth-order valence-electron chi connectivity index (χ4n) is 4.25. The second-order valence-corrected chi connectivity index (χ2v) is 8.94. The maximum Gasteiger partial charge on any atom is 0.258 e. The molecule has 0 spiro atoms. The number of nitrogens with zero attached hydrogens (tertiary/aromatic N) is 1. The number of nitrogens with one attached hydrogen (secondary N) is 1. The van der Waals surface area contributed by atoms with Gasteiger partial charge in [-0.2, -0.15) is 0 Å². The molecule has 1 saturated heterocycles. The Kier molecular flexibility index (Phi) is 6.14. The molecular formula is C24H28F2N2O3. The molecule has 0 unspecified atom stereocenters. The van der Waals surface area contributed by atoms with Gasteiger partial charge in [0.05, 0.1) is 0 Å². The molecule has 2 aromatic rings. The molecule has 2 aromatic carbocycles. The average molecular weight is 430 g/mol. The van der Waals surface area contributed by atoms with Crippen LogP contribution < -0.4 is 14.8 Å². The minimum Gasteiger partial charge on any atom is -0.483 e. The molecule has 2 aliphatic rings. The fraction of sp³-hybridized carbons (Fsp3) is 0.458. The molecular weight excluding hydrogens is 402 g/mol. The number of fused-ring (bicyclic) bond motifs is 1. The molecule has 31 heavy (non-hydrogen) atoms. The summed E-state index contributed by atoms with van der Waals surface area (Å²) in [6.45, 7) is 6.12. The maximum absolute atomic E-state index is 13.4. The molecule has 0 radical (unpaired) electrons. The standard InChI is InChI=1S/C24H28F2N2O3/c1-24(2)13-17-4-3-5-21(23(17)31-24)30-15-22(29)27-18-8-10-28(11-9-18)14-16-6-7-19(25)20(26)12-16/h3-7,12,18H,8-11,13-15H2,1-2H3,(H,27,29). The Morgan fingerprint density at radius 1 is 1.19 bits per heavy atom. The van der Waals surface area contributed by atoms with Gasteiger partial charge in [-0.1, -0.05) is 18.2 Å². The Morgan fingerprint density at radius 3 is 2.71 bits per heavy atom. The highest BCUT2D eigenvalue weighted by Gasteiger charge is 2.32. The Hall–Kier alpha value is -2.67. The summed E-state index contributed by atoms with van der Waals surface area (Å²) in [4.78, 5) is 14.6. The summed E-state index contributed by atoms with van der Waals surface area (Å²) in [5.41, 5.74) is 1.57. The van der Waals surface area contributed by atoms with Crippen LogP contribution in [0, 0.1) is 11.6 Å². The van der Waals surface area contributed by atoms with E-state index < -0.39 is 11.6 Å². The van der Waals surface area contributed by atoms with Crippen LogP contribution in [-0.2, 0) is 17.8 Å². The summed E-state index contributed by atoms with van der Waals surface area (Å²) >= 11 is 0. The van der Waals surface area contributed by atoms with Crippen molar-refractivity contribution in [1.29, 1.82) is 0 Å². The van der Waals surface area contributed by atoms with Gasteiger partial charge in [0, 0.05) is 37.7 Å². The number of hydrogen-bond acceptors (Lipinski definition) is 4. The summed E-state index contributed by atoms with van der Waals surface area (Å²) in [6, 6.07) is 9.84. The summed E-state index contributed by atoms with van der Waals surface area (Å²) in [5, 5.41) is 3.03. The molecule has 1 fully saturated rings. The largest absolute Gasteiger partial charge is 0.483 e. The molecule has 166 valence electrons. The zero-order chi connectivity index (χ0) is 22.0. The number of likely N-dealkylation sites (tertiary alicyclic amines) is 1. The van der Waals surface area contributed by atoms with E-state index in [1.807, 2.05) is 32.0 Å². The van der Waals surface area contributed by atoms with Crippen molar-refractivity contribution >= 4 is 5.91 Å². The number of carbonyl (C=O) groups excluding carboxylic acids is 1. The van der Waals surface area contributed by atoms with Crippen LogP contribution in [0.1, 0.15) is 37.8 Å². The first-order valence-electron chi connectivity index (χ1n) is 10.7. The van der Waals surface area contributed by atoms with Crippen LogP contribution in [0.15, 0.2) is 36.4 Å². The van der Waals surface area contributed by atoms with Crippen molar-refractivity contribution in [3.63, 3.8) is 0 Å². The molecule has 0 atom stereocenters. The molecule has 4 rings (SSSR count). The molecule has 0 saturated carbocycles. The number of amides is 1. The number of hydrogen-bond donors (Lipinski definition) is 1. The van der Waals surface area contributed by atoms with E-state index in [1.54, 1.807) is 6.07 Å². The van der Waals surface area contributed by atoms with Gasteiger partial charge in [-0.25, -0.2) is 8.78 Å². The number of para-hydroxylation sites is 1. The lowest BCUT2D eigenvalue weighted by molar-refractivity contribution is -0.124. The zero-order valence-corrected chi connectivity index (χ0v) is 17.9. The van der Waals surface area contributed by atoms with Crippen molar-refractivity contribution in [2.45, 2.75) is 51.3 Å². The van der Waals surface area contributed by atoms with Gasteiger partial charge >= 0.3 is 0 Å². The summed E-state index contributed by atoms with van der Waals surface area (Å²) in [6.07, 6.45) is 2.41. The molecule has 0 bridgehead atoms. The summed E-state index contributed by atoms with van der Waals surface area (Å²) < 4.78 is 38.2. The van der Waals surface area contributed by atoms with Gasteiger partial charge in [0.2, 0.25) is 0 Å². The Bertz CT molecular complexity index is 956. The lowest BCUT2D eigenvalue weighted by Crippen LogP contribution is -2.45. The van der Waals surface area contributed by atoms with E-state index in [2.05, 4.69) is 10.2 Å². The van der Waals surface area contributed by atoms with Gasteiger partial charge in [-0.05, 0) is 50.5 Å². The monoisotopic (exact) mass is 430 g/mol. The first-order chi connectivity index (χ1) is 14.8. The third-order valence-electron chi connectivity index (χ3n) is 5.76. The second kappa shape index (κ2) is 8.83. The third-order valence-corrected chi connectivity index (χ3v) is 5.76. The summed E-state index contributed by atoms with van der Waals surface area (Å²) in [7, 11) is 0. The molecule has 0 aliphatic carbocycles. The lowest BCUT2D eigenvalue weighted by Gasteiger charge is -2.32. The Balaban J connectivity index is 1.22. The van der Waals surface area contributed by atoms with E-state index in [1.165, 1.54) is 6.07 Å². The highest BCUT2D eigenvalue weighted by Crippen LogP contribution is 2.41. The Labute approximate surface area is 181 Å². The molecule has 7 heteroatoms. The van der Waals surface area contributed by atoms with Crippen molar-refractivity contribution in [3.8, 4) is 11.5 Å². The normalized spacial score (nSPS) is 18.3. The first kappa shape index (κ1) is 21.6. The number of carbonyl (C=O) groups is 1. The van der Waals surface area contributed by atoms with Crippen molar-refractivity contribution in [2.24, 2.45) is 0 Å². The predicted molar refractivity (Wildman–Crippen MR) is 113 cm³/mol. The predicted octanol–water partition coefficient (Wildman–Crippen LogP) is 3.84. The number of halogens is 2. The van der Waals surface area contributed by atoms with Crippen LogP contribution in [0.25, 0.3) is 0 Å². The number of benzene rings is 2. The molecule has 1 amide bonds. The highest BCUT2D eigenvalue weighted by atomic mass is 19.2. The zero-order valence-electron chi connectivity index (χ0n) is 17.9. The van der Waals surface area contributed by atoms with E-state index in [0.717, 1.165) is 55.3 Å². The minimum absolute atomic E-state index is 0.0602. The Morgan fingerprint density at radius 2 is 1.97 bits per heavy atom. The number of piperidine rings is 1. The average Bonchev–Trinajstić information content (AvgIpc) is 3.05. The van der Waals surface area contributed by atoms with Crippen molar-refractivity contribution in [1.82, 2.24) is 10.2 Å². The van der Waals surface area contributed by atoms with Crippen LogP contribution in [-0.4, -0.2) is 42.1 Å². The van der Waals surface area contributed by atoms with Crippen LogP contribution in [0.3, 0.4) is 0 Å². The van der Waals surface area contributed by atoms with Crippen LogP contribution in [0.5, 0.6) is 11.5 Å². The molecule has 1 N–H and O–H groups in total. The van der Waals surface area contributed by atoms with Gasteiger partial charge in [0.15, 0.2) is 29.7 Å². The first-order valence-corrected chi connectivity index (χ1v) is 10.7. The molecule has 5 nitrogen and oxygen atoms in total. The summed E-state index contributed by atoms with van der Waals surface area (Å²) in [5.74, 6) is -0.486. The van der Waals surface area contributed by atoms with Gasteiger partial charge in [-0.15, -0.1) is 0 Å². The van der Waals surface area contributed by atoms with Crippen LogP contribution in [0.2, 0.25) is 0 Å². The van der Waals surface area contributed by atoms with E-state index >= 15 is 0 Å². The van der Waals surface area contributed by atoms with Crippen LogP contribution >= 0.6 is 0 Å². The van der Waals surface area contributed by atoms with E-state index in [4.69, 9.17) is 9.47 Å². The van der Waals surface area contributed by atoms with E-state index in [-0.39, 0.29) is 24.2 Å². The maximum atomic E-state index is 13.4. The number of ether oxygens (including phenoxy) is 2. The molecule has 2 heterocycles. The van der Waals surface area contributed by atoms with Crippen LogP contribution in [0.4, 0.5) is 8.78 Å². The van der Waals surface area contributed by atoms with Crippen molar-refractivity contribution in [2.75, 3.05) is 19.7 Å². The van der Waals surface area contributed by atoms with Gasteiger partial charge in [-0.3, -0.25) is 9.69 Å². The number of rotatable bonds is 6. The minimum atomic E-state index is -0.830. The van der Waals surface area contributed by atoms with Crippen molar-refractivity contribution < 1.29 is 23.0 Å². The third kappa shape index (κ3) is 5.34. The lowest BCUT2D eigenvalue weighted by atomic mass is 10.0. The quantitative estimate of drug-likeness (QED) is 0.757. The van der Waals surface area contributed by atoms with Gasteiger partial charge in [0.1, 0.15) is 5.60 Å². The van der Waals surface area contributed by atoms with Gasteiger partial charge in [0.25, 0.3) is 5.91 Å². The smallest absolute Gasteiger partial charge is 0.258 e. The van der Waals surface area contributed by atoms with E-state index in [9.17, 15) is 13.6 Å². The topological polar surface area (TPSA) is 50.8 Å². The molecule has 0 aromatic heterocycles. The van der Waals surface area contributed by atoms with Gasteiger partial charge < -0.3 is 14.8 Å². The second-order valence-electron chi connectivity index (χ2n) is 8.94.